The summed E-state index contributed by atoms with van der Waals surface area (Å²) in [6.07, 6.45) is 5.88. The monoisotopic (exact) mass is 238 g/mol. The number of nitrogens with one attached hydrogen (secondary N) is 1. The molecule has 3 N–H and O–H groups in total. The first-order chi connectivity index (χ1) is 8.12. The molecule has 4 saturated carbocycles. The van der Waals surface area contributed by atoms with Gasteiger partial charge in [0.2, 0.25) is 0 Å². The molecule has 2 unspecified atom stereocenters. The number of nitrogens with two attached hydrogens (primary N) is 1. The minimum atomic E-state index is -0.301. The lowest BCUT2D eigenvalue weighted by atomic mass is 9.48. The van der Waals surface area contributed by atoms with E-state index in [0.29, 0.717) is 24.5 Å². The molecule has 4 aliphatic carbocycles. The number of carbonyl (C=O) groups is 1. The Morgan fingerprint density at radius 3 is 2.59 bits per heavy atom. The number of hydrogen-bond donors (Lipinski definition) is 2. The summed E-state index contributed by atoms with van der Waals surface area (Å²) < 4.78 is 5.32. The summed E-state index contributed by atoms with van der Waals surface area (Å²) in [4.78, 5) is 11.2. The van der Waals surface area contributed by atoms with E-state index in [2.05, 4.69) is 5.32 Å². The lowest BCUT2D eigenvalue weighted by Gasteiger charge is -2.59. The highest BCUT2D eigenvalue weighted by Gasteiger charge is 2.54. The number of alkyl carbamates (subject to hydrolysis) is 1. The van der Waals surface area contributed by atoms with Gasteiger partial charge < -0.3 is 15.8 Å². The zero-order chi connectivity index (χ0) is 12.0. The Kier molecular flexibility index (Phi) is 2.58. The zero-order valence-corrected chi connectivity index (χ0v) is 10.4. The van der Waals surface area contributed by atoms with Crippen molar-refractivity contribution in [2.45, 2.75) is 38.1 Å². The highest BCUT2D eigenvalue weighted by atomic mass is 16.5. The molecule has 4 fully saturated rings. The molecular weight excluding hydrogens is 216 g/mol. The Hall–Kier alpha value is -0.770. The summed E-state index contributed by atoms with van der Waals surface area (Å²) in [6, 6.07) is 0.402. The fourth-order valence-corrected chi connectivity index (χ4v) is 4.70. The molecule has 4 aliphatic rings. The summed E-state index contributed by atoms with van der Waals surface area (Å²) >= 11 is 0. The van der Waals surface area contributed by atoms with Crippen LogP contribution in [0.3, 0.4) is 0 Å². The van der Waals surface area contributed by atoms with Gasteiger partial charge in [-0.15, -0.1) is 0 Å². The molecule has 96 valence electrons. The third kappa shape index (κ3) is 1.82. The van der Waals surface area contributed by atoms with E-state index in [0.717, 1.165) is 18.8 Å². The molecule has 0 aromatic heterocycles. The SMILES string of the molecule is CNC(=O)OCC12CC3CC(C1)C(N)C(C3)C2. The van der Waals surface area contributed by atoms with E-state index in [1.165, 1.54) is 19.3 Å². The van der Waals surface area contributed by atoms with Gasteiger partial charge in [0.25, 0.3) is 0 Å². The van der Waals surface area contributed by atoms with E-state index >= 15 is 0 Å². The van der Waals surface area contributed by atoms with Crippen LogP contribution >= 0.6 is 0 Å². The van der Waals surface area contributed by atoms with Gasteiger partial charge in [-0.25, -0.2) is 4.79 Å². The van der Waals surface area contributed by atoms with Crippen LogP contribution in [0.2, 0.25) is 0 Å². The molecule has 0 aromatic carbocycles. The van der Waals surface area contributed by atoms with Gasteiger partial charge in [-0.05, 0) is 49.9 Å². The minimum Gasteiger partial charge on any atom is -0.449 e. The van der Waals surface area contributed by atoms with E-state index in [-0.39, 0.29) is 11.5 Å². The highest BCUT2D eigenvalue weighted by Crippen LogP contribution is 2.59. The van der Waals surface area contributed by atoms with E-state index < -0.39 is 0 Å². The maximum absolute atomic E-state index is 11.2. The summed E-state index contributed by atoms with van der Waals surface area (Å²) in [5.74, 6) is 2.18. The van der Waals surface area contributed by atoms with E-state index in [4.69, 9.17) is 10.5 Å². The first-order valence-electron chi connectivity index (χ1n) is 6.72. The van der Waals surface area contributed by atoms with E-state index in [1.54, 1.807) is 7.05 Å². The second-order valence-corrected chi connectivity index (χ2v) is 6.37. The quantitative estimate of drug-likeness (QED) is 0.766. The fourth-order valence-electron chi connectivity index (χ4n) is 4.70. The molecule has 4 bridgehead atoms. The average molecular weight is 238 g/mol. The molecule has 0 aromatic rings. The van der Waals surface area contributed by atoms with Crippen molar-refractivity contribution in [1.29, 1.82) is 0 Å². The average Bonchev–Trinajstić information content (AvgIpc) is 2.32. The van der Waals surface area contributed by atoms with Crippen molar-refractivity contribution in [3.05, 3.63) is 0 Å². The third-order valence-corrected chi connectivity index (χ3v) is 5.19. The van der Waals surface area contributed by atoms with Crippen molar-refractivity contribution in [2.24, 2.45) is 28.9 Å². The Balaban J connectivity index is 1.70. The standard InChI is InChI=1S/C13H22N2O2/c1-15-12(16)17-7-13-4-8-2-9(5-13)11(14)10(3-8)6-13/h8-11H,2-7,14H2,1H3,(H,15,16). The van der Waals surface area contributed by atoms with Gasteiger partial charge in [0.1, 0.15) is 0 Å². The first-order valence-corrected chi connectivity index (χ1v) is 6.72. The van der Waals surface area contributed by atoms with E-state index in [9.17, 15) is 4.79 Å². The Bertz CT molecular complexity index is 315. The van der Waals surface area contributed by atoms with Crippen LogP contribution < -0.4 is 11.1 Å². The third-order valence-electron chi connectivity index (χ3n) is 5.19. The molecule has 0 saturated heterocycles. The molecule has 2 atom stereocenters. The van der Waals surface area contributed by atoms with Crippen molar-refractivity contribution in [3.63, 3.8) is 0 Å². The van der Waals surface area contributed by atoms with Gasteiger partial charge in [-0.1, -0.05) is 0 Å². The smallest absolute Gasteiger partial charge is 0.406 e. The molecule has 0 heterocycles. The van der Waals surface area contributed by atoms with E-state index in [1.807, 2.05) is 0 Å². The Morgan fingerprint density at radius 1 is 1.35 bits per heavy atom. The van der Waals surface area contributed by atoms with Crippen LogP contribution in [-0.4, -0.2) is 25.8 Å². The molecule has 0 aliphatic heterocycles. The van der Waals surface area contributed by atoms with Gasteiger partial charge in [-0.2, -0.15) is 0 Å². The van der Waals surface area contributed by atoms with Gasteiger partial charge >= 0.3 is 6.09 Å². The molecule has 4 rings (SSSR count). The predicted octanol–water partition coefficient (Wildman–Crippen LogP) is 1.50. The van der Waals surface area contributed by atoms with Crippen molar-refractivity contribution in [2.75, 3.05) is 13.7 Å². The molecule has 4 heteroatoms. The van der Waals surface area contributed by atoms with Gasteiger partial charge in [0.05, 0.1) is 6.61 Å². The van der Waals surface area contributed by atoms with Crippen molar-refractivity contribution in [1.82, 2.24) is 5.32 Å². The predicted molar refractivity (Wildman–Crippen MR) is 64.4 cm³/mol. The summed E-state index contributed by atoms with van der Waals surface area (Å²) in [5, 5.41) is 2.52. The zero-order valence-electron chi connectivity index (χ0n) is 10.4. The maximum atomic E-state index is 11.2. The lowest BCUT2D eigenvalue weighted by molar-refractivity contribution is -0.0927. The topological polar surface area (TPSA) is 64.3 Å². The lowest BCUT2D eigenvalue weighted by Crippen LogP contribution is -2.58. The van der Waals surface area contributed by atoms with Gasteiger partial charge in [0, 0.05) is 18.5 Å². The Labute approximate surface area is 102 Å². The largest absolute Gasteiger partial charge is 0.449 e. The van der Waals surface area contributed by atoms with Crippen LogP contribution in [-0.2, 0) is 4.74 Å². The number of hydrogen-bond acceptors (Lipinski definition) is 3. The van der Waals surface area contributed by atoms with Crippen LogP contribution in [0.25, 0.3) is 0 Å². The second-order valence-electron chi connectivity index (χ2n) is 6.37. The van der Waals surface area contributed by atoms with Crippen LogP contribution in [0.15, 0.2) is 0 Å². The molecule has 0 spiro atoms. The molecular formula is C13H22N2O2. The van der Waals surface area contributed by atoms with Crippen molar-refractivity contribution >= 4 is 6.09 Å². The van der Waals surface area contributed by atoms with Crippen LogP contribution in [0, 0.1) is 23.2 Å². The molecule has 4 nitrogen and oxygen atoms in total. The maximum Gasteiger partial charge on any atom is 0.406 e. The Morgan fingerprint density at radius 2 is 2.00 bits per heavy atom. The molecule has 1 amide bonds. The molecule has 17 heavy (non-hydrogen) atoms. The normalized spacial score (nSPS) is 46.9. The number of rotatable bonds is 2. The number of amides is 1. The van der Waals surface area contributed by atoms with Crippen molar-refractivity contribution in [3.8, 4) is 0 Å². The highest BCUT2D eigenvalue weighted by molar-refractivity contribution is 5.66. The first kappa shape index (κ1) is 11.3. The van der Waals surface area contributed by atoms with Crippen LogP contribution in [0.5, 0.6) is 0 Å². The minimum absolute atomic E-state index is 0.249. The number of carbonyl (C=O) groups excluding carboxylic acids is 1. The summed E-state index contributed by atoms with van der Waals surface area (Å²) in [6.45, 7) is 0.586. The summed E-state index contributed by atoms with van der Waals surface area (Å²) in [5.41, 5.74) is 6.54. The van der Waals surface area contributed by atoms with Crippen molar-refractivity contribution < 1.29 is 9.53 Å². The molecule has 0 radical (unpaired) electrons. The summed E-state index contributed by atoms with van der Waals surface area (Å²) in [7, 11) is 1.61. The second kappa shape index (κ2) is 3.87. The fraction of sp³-hybridized carbons (Fsp3) is 0.923. The number of ether oxygens (including phenoxy) is 1. The van der Waals surface area contributed by atoms with Crippen LogP contribution in [0.4, 0.5) is 4.79 Å². The van der Waals surface area contributed by atoms with Gasteiger partial charge in [-0.3, -0.25) is 0 Å². The van der Waals surface area contributed by atoms with Crippen LogP contribution in [0.1, 0.15) is 32.1 Å². The van der Waals surface area contributed by atoms with Gasteiger partial charge in [0.15, 0.2) is 0 Å².